The van der Waals surface area contributed by atoms with E-state index in [2.05, 4.69) is 17.2 Å². The summed E-state index contributed by atoms with van der Waals surface area (Å²) in [5, 5.41) is 15.7. The molecule has 0 aliphatic heterocycles. The number of hydrogen-bond donors (Lipinski definition) is 1. The van der Waals surface area contributed by atoms with Crippen molar-refractivity contribution in [3.8, 4) is 0 Å². The Kier molecular flexibility index (Phi) is 1.89. The molecule has 1 N–H and O–H groups in total. The lowest BCUT2D eigenvalue weighted by atomic mass is 9.94. The highest BCUT2D eigenvalue weighted by Gasteiger charge is 2.51. The first-order valence-corrected chi connectivity index (χ1v) is 5.75. The largest absolute Gasteiger partial charge is 0.392 e. The maximum absolute atomic E-state index is 9.92. The summed E-state index contributed by atoms with van der Waals surface area (Å²) < 4.78 is 1.91. The van der Waals surface area contributed by atoms with E-state index in [0.717, 1.165) is 24.1 Å². The average Bonchev–Trinajstić information content (AvgIpc) is 3.01. The Morgan fingerprint density at radius 2 is 2.06 bits per heavy atom. The molecule has 84 valence electrons. The third-order valence-electron chi connectivity index (χ3n) is 3.82. The van der Waals surface area contributed by atoms with Gasteiger partial charge in [-0.1, -0.05) is 18.2 Å². The van der Waals surface area contributed by atoms with Gasteiger partial charge in [0.05, 0.1) is 17.3 Å². The van der Waals surface area contributed by atoms with Crippen molar-refractivity contribution in [2.45, 2.75) is 31.3 Å². The standard InChI is InChI=1S/C13H16N2O/c1-9(16)13(7-8-13)12-10-5-3-4-6-11(10)15(2)14-12/h3-6,9,16H,7-8H2,1-2H3. The molecule has 1 unspecified atom stereocenters. The van der Waals surface area contributed by atoms with Crippen LogP contribution in [0.1, 0.15) is 25.5 Å². The molecule has 0 spiro atoms. The third-order valence-corrected chi connectivity index (χ3v) is 3.82. The molecule has 3 heteroatoms. The second-order valence-electron chi connectivity index (χ2n) is 4.82. The number of aliphatic hydroxyl groups is 1. The van der Waals surface area contributed by atoms with E-state index in [1.54, 1.807) is 0 Å². The Morgan fingerprint density at radius 1 is 1.38 bits per heavy atom. The minimum absolute atomic E-state index is 0.0825. The molecule has 0 saturated heterocycles. The van der Waals surface area contributed by atoms with Crippen LogP contribution >= 0.6 is 0 Å². The molecule has 0 bridgehead atoms. The van der Waals surface area contributed by atoms with Gasteiger partial charge in [-0.05, 0) is 25.8 Å². The minimum Gasteiger partial charge on any atom is -0.392 e. The molecule has 0 amide bonds. The number of benzene rings is 1. The summed E-state index contributed by atoms with van der Waals surface area (Å²) in [5.41, 5.74) is 2.13. The highest BCUT2D eigenvalue weighted by molar-refractivity contribution is 5.83. The molecular weight excluding hydrogens is 200 g/mol. The van der Waals surface area contributed by atoms with Crippen molar-refractivity contribution < 1.29 is 5.11 Å². The zero-order valence-corrected chi connectivity index (χ0v) is 9.64. The molecule has 1 saturated carbocycles. The van der Waals surface area contributed by atoms with E-state index in [0.29, 0.717) is 0 Å². The Morgan fingerprint density at radius 3 is 2.69 bits per heavy atom. The number of fused-ring (bicyclic) bond motifs is 1. The van der Waals surface area contributed by atoms with Gasteiger partial charge in [-0.2, -0.15) is 5.10 Å². The van der Waals surface area contributed by atoms with E-state index >= 15 is 0 Å². The van der Waals surface area contributed by atoms with Crippen LogP contribution in [0.2, 0.25) is 0 Å². The monoisotopic (exact) mass is 216 g/mol. The van der Waals surface area contributed by atoms with Crippen LogP contribution < -0.4 is 0 Å². The second-order valence-corrected chi connectivity index (χ2v) is 4.82. The lowest BCUT2D eigenvalue weighted by Gasteiger charge is -2.16. The Labute approximate surface area is 94.7 Å². The first-order chi connectivity index (χ1) is 7.65. The third kappa shape index (κ3) is 1.15. The van der Waals surface area contributed by atoms with Crippen molar-refractivity contribution in [2.24, 2.45) is 7.05 Å². The van der Waals surface area contributed by atoms with Crippen LogP contribution in [0.15, 0.2) is 24.3 Å². The zero-order chi connectivity index (χ0) is 11.3. The van der Waals surface area contributed by atoms with Gasteiger partial charge in [0.25, 0.3) is 0 Å². The maximum Gasteiger partial charge on any atom is 0.0790 e. The molecule has 3 nitrogen and oxygen atoms in total. The summed E-state index contributed by atoms with van der Waals surface area (Å²) in [5.74, 6) is 0. The van der Waals surface area contributed by atoms with Gasteiger partial charge in [-0.15, -0.1) is 0 Å². The highest BCUT2D eigenvalue weighted by Crippen LogP contribution is 2.52. The number of para-hydroxylation sites is 1. The van der Waals surface area contributed by atoms with Crippen LogP contribution in [0, 0.1) is 0 Å². The number of aromatic nitrogens is 2. The number of aryl methyl sites for hydroxylation is 1. The van der Waals surface area contributed by atoms with Crippen LogP contribution in [0.3, 0.4) is 0 Å². The van der Waals surface area contributed by atoms with Crippen LogP contribution in [-0.4, -0.2) is 21.0 Å². The van der Waals surface area contributed by atoms with E-state index in [1.807, 2.05) is 30.8 Å². The molecule has 2 aromatic rings. The molecule has 1 aromatic heterocycles. The van der Waals surface area contributed by atoms with Crippen molar-refractivity contribution in [3.63, 3.8) is 0 Å². The van der Waals surface area contributed by atoms with Crippen LogP contribution in [-0.2, 0) is 12.5 Å². The van der Waals surface area contributed by atoms with E-state index < -0.39 is 0 Å². The summed E-state index contributed by atoms with van der Waals surface area (Å²) in [6.45, 7) is 1.87. The molecule has 1 aliphatic rings. The van der Waals surface area contributed by atoms with Crippen molar-refractivity contribution in [1.29, 1.82) is 0 Å². The van der Waals surface area contributed by atoms with Crippen molar-refractivity contribution >= 4 is 10.9 Å². The Hall–Kier alpha value is -1.35. The predicted molar refractivity (Wildman–Crippen MR) is 63.3 cm³/mol. The number of nitrogens with zero attached hydrogens (tertiary/aromatic N) is 2. The van der Waals surface area contributed by atoms with E-state index in [9.17, 15) is 5.11 Å². The summed E-state index contributed by atoms with van der Waals surface area (Å²) in [6.07, 6.45) is 1.78. The maximum atomic E-state index is 9.92. The predicted octanol–water partition coefficient (Wildman–Crippen LogP) is 1.99. The van der Waals surface area contributed by atoms with Crippen LogP contribution in [0.5, 0.6) is 0 Å². The SMILES string of the molecule is CC(O)C1(c2nn(C)c3ccccc23)CC1. The normalized spacial score (nSPS) is 19.9. The first-order valence-electron chi connectivity index (χ1n) is 5.75. The average molecular weight is 216 g/mol. The van der Waals surface area contributed by atoms with Crippen molar-refractivity contribution in [2.75, 3.05) is 0 Å². The number of hydrogen-bond acceptors (Lipinski definition) is 2. The molecule has 1 atom stereocenters. The lowest BCUT2D eigenvalue weighted by molar-refractivity contribution is 0.149. The van der Waals surface area contributed by atoms with Gasteiger partial charge in [-0.25, -0.2) is 0 Å². The second kappa shape index (κ2) is 3.08. The van der Waals surface area contributed by atoms with E-state index in [4.69, 9.17) is 0 Å². The van der Waals surface area contributed by atoms with Crippen molar-refractivity contribution in [3.05, 3.63) is 30.0 Å². The lowest BCUT2D eigenvalue weighted by Crippen LogP contribution is -2.23. The van der Waals surface area contributed by atoms with Crippen LogP contribution in [0.4, 0.5) is 0 Å². The smallest absolute Gasteiger partial charge is 0.0790 e. The molecule has 1 fully saturated rings. The quantitative estimate of drug-likeness (QED) is 0.833. The summed E-state index contributed by atoms with van der Waals surface area (Å²) >= 11 is 0. The highest BCUT2D eigenvalue weighted by atomic mass is 16.3. The Bertz CT molecular complexity index is 538. The minimum atomic E-state index is -0.314. The van der Waals surface area contributed by atoms with Crippen molar-refractivity contribution in [1.82, 2.24) is 9.78 Å². The summed E-state index contributed by atoms with van der Waals surface area (Å²) in [6, 6.07) is 8.23. The molecule has 16 heavy (non-hydrogen) atoms. The number of rotatable bonds is 2. The molecule has 1 heterocycles. The fraction of sp³-hybridized carbons (Fsp3) is 0.462. The van der Waals surface area contributed by atoms with E-state index in [1.165, 1.54) is 5.39 Å². The van der Waals surface area contributed by atoms with Gasteiger partial charge < -0.3 is 5.11 Å². The van der Waals surface area contributed by atoms with Gasteiger partial charge in [-0.3, -0.25) is 4.68 Å². The van der Waals surface area contributed by atoms with Gasteiger partial charge in [0.15, 0.2) is 0 Å². The van der Waals surface area contributed by atoms with Gasteiger partial charge in [0.1, 0.15) is 0 Å². The molecule has 3 rings (SSSR count). The fourth-order valence-electron chi connectivity index (χ4n) is 2.57. The summed E-state index contributed by atoms with van der Waals surface area (Å²) in [7, 11) is 1.96. The van der Waals surface area contributed by atoms with E-state index in [-0.39, 0.29) is 11.5 Å². The number of aliphatic hydroxyl groups excluding tert-OH is 1. The first kappa shape index (κ1) is 9.85. The molecule has 1 aliphatic carbocycles. The van der Waals surface area contributed by atoms with Gasteiger partial charge >= 0.3 is 0 Å². The fourth-order valence-corrected chi connectivity index (χ4v) is 2.57. The molecular formula is C13H16N2O. The van der Waals surface area contributed by atoms with Gasteiger partial charge in [0, 0.05) is 17.8 Å². The zero-order valence-electron chi connectivity index (χ0n) is 9.64. The molecule has 1 aromatic carbocycles. The molecule has 0 radical (unpaired) electrons. The summed E-state index contributed by atoms with van der Waals surface area (Å²) in [4.78, 5) is 0. The van der Waals surface area contributed by atoms with Crippen LogP contribution in [0.25, 0.3) is 10.9 Å². The Balaban J connectivity index is 2.25. The van der Waals surface area contributed by atoms with Gasteiger partial charge in [0.2, 0.25) is 0 Å². The topological polar surface area (TPSA) is 38.1 Å².